The van der Waals surface area contributed by atoms with Gasteiger partial charge in [-0.05, 0) is 51.6 Å². The molecule has 0 aromatic carbocycles. The third kappa shape index (κ3) is 2.94. The lowest BCUT2D eigenvalue weighted by atomic mass is 9.86. The fourth-order valence-electron chi connectivity index (χ4n) is 1.90. The highest BCUT2D eigenvalue weighted by Crippen LogP contribution is 2.39. The number of rotatable bonds is 0. The number of halogens is 1. The molecule has 102 valence electrons. The van der Waals surface area contributed by atoms with Crippen molar-refractivity contribution in [3.63, 3.8) is 0 Å². The quantitative estimate of drug-likeness (QED) is 0.687. The molecular formula is C13H20BrNO3. The van der Waals surface area contributed by atoms with Crippen LogP contribution in [0, 0.1) is 5.41 Å². The van der Waals surface area contributed by atoms with Gasteiger partial charge in [0.25, 0.3) is 0 Å². The van der Waals surface area contributed by atoms with Gasteiger partial charge in [-0.25, -0.2) is 9.69 Å². The zero-order chi connectivity index (χ0) is 14.3. The average molecular weight is 318 g/mol. The Balaban J connectivity index is 3.00. The molecule has 18 heavy (non-hydrogen) atoms. The molecule has 4 nitrogen and oxygen atoms in total. The third-order valence-corrected chi connectivity index (χ3v) is 3.36. The van der Waals surface area contributed by atoms with Gasteiger partial charge in [0.1, 0.15) is 5.60 Å². The first-order valence-corrected chi connectivity index (χ1v) is 6.67. The number of carbonyl (C=O) groups excluding carboxylic acids is 2. The molecule has 1 aliphatic rings. The van der Waals surface area contributed by atoms with Crippen LogP contribution in [0.5, 0.6) is 0 Å². The van der Waals surface area contributed by atoms with E-state index in [1.165, 1.54) is 4.90 Å². The van der Waals surface area contributed by atoms with Crippen molar-refractivity contribution in [1.29, 1.82) is 0 Å². The number of ether oxygens (including phenoxy) is 1. The third-order valence-electron chi connectivity index (χ3n) is 2.88. The van der Waals surface area contributed by atoms with Crippen LogP contribution >= 0.6 is 15.9 Å². The highest BCUT2D eigenvalue weighted by atomic mass is 79.9. The molecule has 0 atom stereocenters. The van der Waals surface area contributed by atoms with E-state index in [1.54, 1.807) is 20.8 Å². The first-order chi connectivity index (χ1) is 7.97. The number of carbonyl (C=O) groups is 2. The molecule has 1 fully saturated rings. The lowest BCUT2D eigenvalue weighted by molar-refractivity contribution is -0.133. The molecule has 5 heteroatoms. The molecule has 0 unspecified atom stereocenters. The van der Waals surface area contributed by atoms with Crippen LogP contribution in [0.4, 0.5) is 4.79 Å². The smallest absolute Gasteiger partial charge is 0.417 e. The second-order valence-electron chi connectivity index (χ2n) is 6.01. The van der Waals surface area contributed by atoms with E-state index in [9.17, 15) is 9.59 Å². The number of hydrogen-bond acceptors (Lipinski definition) is 3. The van der Waals surface area contributed by atoms with E-state index in [1.807, 2.05) is 20.8 Å². The van der Waals surface area contributed by atoms with Gasteiger partial charge in [-0.3, -0.25) is 4.79 Å². The van der Waals surface area contributed by atoms with Crippen molar-refractivity contribution >= 4 is 27.9 Å². The van der Waals surface area contributed by atoms with Crippen molar-refractivity contribution in [1.82, 2.24) is 4.90 Å². The van der Waals surface area contributed by atoms with E-state index in [4.69, 9.17) is 4.74 Å². The Morgan fingerprint density at radius 3 is 2.22 bits per heavy atom. The van der Waals surface area contributed by atoms with Crippen molar-refractivity contribution in [2.75, 3.05) is 6.54 Å². The summed E-state index contributed by atoms with van der Waals surface area (Å²) in [4.78, 5) is 25.4. The molecular weight excluding hydrogens is 298 g/mol. The summed E-state index contributed by atoms with van der Waals surface area (Å²) in [6, 6.07) is 0. The largest absolute Gasteiger partial charge is 0.443 e. The Bertz CT molecular complexity index is 414. The van der Waals surface area contributed by atoms with Crippen LogP contribution < -0.4 is 0 Å². The predicted octanol–water partition coefficient (Wildman–Crippen LogP) is 3.46. The van der Waals surface area contributed by atoms with Gasteiger partial charge in [0.2, 0.25) is 5.91 Å². The number of imide groups is 1. The zero-order valence-electron chi connectivity index (χ0n) is 11.8. The number of hydrogen-bond donors (Lipinski definition) is 0. The molecule has 1 saturated heterocycles. The van der Waals surface area contributed by atoms with Crippen LogP contribution in [-0.4, -0.2) is 29.0 Å². The molecule has 0 N–H and O–H groups in total. The predicted molar refractivity (Wildman–Crippen MR) is 73.4 cm³/mol. The summed E-state index contributed by atoms with van der Waals surface area (Å²) >= 11 is 3.39. The van der Waals surface area contributed by atoms with Crippen molar-refractivity contribution in [3.05, 3.63) is 10.1 Å². The van der Waals surface area contributed by atoms with E-state index in [0.29, 0.717) is 0 Å². The van der Waals surface area contributed by atoms with E-state index in [0.717, 1.165) is 10.1 Å². The van der Waals surface area contributed by atoms with E-state index < -0.39 is 17.1 Å². The fraction of sp³-hybridized carbons (Fsp3) is 0.692. The van der Waals surface area contributed by atoms with Gasteiger partial charge in [0.05, 0.1) is 12.0 Å². The highest BCUT2D eigenvalue weighted by Gasteiger charge is 2.47. The van der Waals surface area contributed by atoms with Crippen LogP contribution in [0.3, 0.4) is 0 Å². The molecule has 0 spiro atoms. The standard InChI is InChI=1S/C13H20BrNO3/c1-8(14)9-7-15(10(16)13(9,5)6)11(17)18-12(2,3)4/h7H2,1-6H3/b9-8-. The summed E-state index contributed by atoms with van der Waals surface area (Å²) in [5, 5.41) is 0. The van der Waals surface area contributed by atoms with Gasteiger partial charge < -0.3 is 4.74 Å². The molecule has 0 aliphatic carbocycles. The second kappa shape index (κ2) is 4.68. The molecule has 0 saturated carbocycles. The summed E-state index contributed by atoms with van der Waals surface area (Å²) in [6.45, 7) is 11.1. The Labute approximate surface area is 116 Å². The van der Waals surface area contributed by atoms with Crippen LogP contribution in [-0.2, 0) is 9.53 Å². The Kier molecular flexibility index (Phi) is 3.96. The van der Waals surface area contributed by atoms with Gasteiger partial charge in [0, 0.05) is 0 Å². The molecule has 1 rings (SSSR count). The van der Waals surface area contributed by atoms with Crippen molar-refractivity contribution < 1.29 is 14.3 Å². The van der Waals surface area contributed by atoms with E-state index >= 15 is 0 Å². The number of amides is 2. The fourth-order valence-corrected chi connectivity index (χ4v) is 2.52. The maximum absolute atomic E-state index is 12.2. The molecule has 2 amide bonds. The topological polar surface area (TPSA) is 46.6 Å². The van der Waals surface area contributed by atoms with Crippen molar-refractivity contribution in [2.45, 2.75) is 47.1 Å². The Morgan fingerprint density at radius 2 is 1.89 bits per heavy atom. The minimum absolute atomic E-state index is 0.217. The Hall–Kier alpha value is -0.840. The minimum Gasteiger partial charge on any atom is -0.443 e. The molecule has 0 aromatic rings. The minimum atomic E-state index is -0.662. The van der Waals surface area contributed by atoms with Gasteiger partial charge in [-0.2, -0.15) is 0 Å². The SMILES string of the molecule is C/C(Br)=C1\CN(C(=O)OC(C)(C)C)C(=O)C1(C)C. The zero-order valence-corrected chi connectivity index (χ0v) is 13.3. The second-order valence-corrected chi connectivity index (χ2v) is 7.20. The lowest BCUT2D eigenvalue weighted by Gasteiger charge is -2.24. The molecule has 1 aliphatic heterocycles. The summed E-state index contributed by atoms with van der Waals surface area (Å²) < 4.78 is 6.14. The lowest BCUT2D eigenvalue weighted by Crippen LogP contribution is -2.40. The summed E-state index contributed by atoms with van der Waals surface area (Å²) in [6.07, 6.45) is -0.579. The van der Waals surface area contributed by atoms with Crippen LogP contribution in [0.25, 0.3) is 0 Å². The highest BCUT2D eigenvalue weighted by molar-refractivity contribution is 9.11. The van der Waals surface area contributed by atoms with E-state index in [2.05, 4.69) is 15.9 Å². The van der Waals surface area contributed by atoms with Gasteiger partial charge >= 0.3 is 6.09 Å². The van der Waals surface area contributed by atoms with Gasteiger partial charge in [-0.15, -0.1) is 0 Å². The van der Waals surface area contributed by atoms with Gasteiger partial charge in [0.15, 0.2) is 0 Å². The van der Waals surface area contributed by atoms with Gasteiger partial charge in [-0.1, -0.05) is 15.9 Å². The van der Waals surface area contributed by atoms with E-state index in [-0.39, 0.29) is 12.5 Å². The summed E-state index contributed by atoms with van der Waals surface area (Å²) in [7, 11) is 0. The Morgan fingerprint density at radius 1 is 1.39 bits per heavy atom. The maximum atomic E-state index is 12.2. The van der Waals surface area contributed by atoms with Crippen LogP contribution in [0.15, 0.2) is 10.1 Å². The average Bonchev–Trinajstić information content (AvgIpc) is 2.36. The van der Waals surface area contributed by atoms with Crippen molar-refractivity contribution in [3.8, 4) is 0 Å². The normalized spacial score (nSPS) is 22.2. The van der Waals surface area contributed by atoms with Crippen LogP contribution in [0.2, 0.25) is 0 Å². The molecule has 0 radical (unpaired) electrons. The number of allylic oxidation sites excluding steroid dienone is 1. The molecule has 1 heterocycles. The van der Waals surface area contributed by atoms with Crippen molar-refractivity contribution in [2.24, 2.45) is 5.41 Å². The number of likely N-dealkylation sites (tertiary alicyclic amines) is 1. The monoisotopic (exact) mass is 317 g/mol. The molecule has 0 bridgehead atoms. The first-order valence-electron chi connectivity index (χ1n) is 5.87. The number of nitrogens with zero attached hydrogens (tertiary/aromatic N) is 1. The maximum Gasteiger partial charge on any atom is 0.417 e. The van der Waals surface area contributed by atoms with Crippen LogP contribution in [0.1, 0.15) is 41.5 Å². The first kappa shape index (κ1) is 15.2. The summed E-state index contributed by atoms with van der Waals surface area (Å²) in [5.74, 6) is -0.217. The summed E-state index contributed by atoms with van der Waals surface area (Å²) in [5.41, 5.74) is -0.347. The molecule has 0 aromatic heterocycles.